The van der Waals surface area contributed by atoms with Crippen molar-refractivity contribution in [2.24, 2.45) is 0 Å². The summed E-state index contributed by atoms with van der Waals surface area (Å²) in [4.78, 5) is 20.4. The van der Waals surface area contributed by atoms with Gasteiger partial charge in [-0.25, -0.2) is 4.98 Å². The van der Waals surface area contributed by atoms with Crippen LogP contribution in [0, 0.1) is 6.92 Å². The summed E-state index contributed by atoms with van der Waals surface area (Å²) in [6, 6.07) is 7.74. The van der Waals surface area contributed by atoms with Crippen molar-refractivity contribution < 1.29 is 9.53 Å². The summed E-state index contributed by atoms with van der Waals surface area (Å²) in [6.45, 7) is 5.95. The number of thiazole rings is 1. The van der Waals surface area contributed by atoms with E-state index in [1.165, 1.54) is 9.88 Å². The van der Waals surface area contributed by atoms with Gasteiger partial charge in [0.25, 0.3) is 0 Å². The minimum atomic E-state index is 0.0974. The maximum atomic E-state index is 12.6. The van der Waals surface area contributed by atoms with Gasteiger partial charge in [-0.05, 0) is 25.8 Å². The molecule has 0 radical (unpaired) electrons. The predicted molar refractivity (Wildman–Crippen MR) is 96.7 cm³/mol. The van der Waals surface area contributed by atoms with E-state index in [2.05, 4.69) is 18.8 Å². The molecule has 0 spiro atoms. The predicted octanol–water partition coefficient (Wildman–Crippen LogP) is 3.58. The van der Waals surface area contributed by atoms with Gasteiger partial charge in [0.05, 0.1) is 18.5 Å². The van der Waals surface area contributed by atoms with Crippen LogP contribution < -0.4 is 4.74 Å². The SMILES string of the molecule is COc1ccccc1CC(=O)N1CCC(C)(c2ncc(C)s2)CC1. The lowest BCUT2D eigenvalue weighted by molar-refractivity contribution is -0.132. The van der Waals surface area contributed by atoms with Crippen molar-refractivity contribution in [1.82, 2.24) is 9.88 Å². The molecule has 4 nitrogen and oxygen atoms in total. The molecule has 0 aliphatic carbocycles. The second-order valence-electron chi connectivity index (χ2n) is 6.71. The van der Waals surface area contributed by atoms with Crippen molar-refractivity contribution in [3.63, 3.8) is 0 Å². The van der Waals surface area contributed by atoms with Gasteiger partial charge in [0.15, 0.2) is 0 Å². The minimum Gasteiger partial charge on any atom is -0.496 e. The van der Waals surface area contributed by atoms with Gasteiger partial charge in [0.2, 0.25) is 5.91 Å². The Morgan fingerprint density at radius 3 is 2.67 bits per heavy atom. The average molecular weight is 344 g/mol. The number of benzene rings is 1. The van der Waals surface area contributed by atoms with E-state index in [-0.39, 0.29) is 11.3 Å². The van der Waals surface area contributed by atoms with E-state index in [1.54, 1.807) is 18.4 Å². The van der Waals surface area contributed by atoms with E-state index in [4.69, 9.17) is 4.74 Å². The Morgan fingerprint density at radius 1 is 1.33 bits per heavy atom. The monoisotopic (exact) mass is 344 g/mol. The molecule has 1 fully saturated rings. The largest absolute Gasteiger partial charge is 0.496 e. The zero-order valence-corrected chi connectivity index (χ0v) is 15.4. The van der Waals surface area contributed by atoms with Crippen LogP contribution in [-0.4, -0.2) is 36.0 Å². The fraction of sp³-hybridized carbons (Fsp3) is 0.474. The lowest BCUT2D eigenvalue weighted by Crippen LogP contribution is -2.44. The van der Waals surface area contributed by atoms with Crippen LogP contribution in [0.15, 0.2) is 30.5 Å². The molecule has 0 N–H and O–H groups in total. The molecule has 1 saturated heterocycles. The number of para-hydroxylation sites is 1. The molecule has 2 heterocycles. The summed E-state index contributed by atoms with van der Waals surface area (Å²) in [6.07, 6.45) is 4.29. The number of amides is 1. The minimum absolute atomic E-state index is 0.0974. The first-order valence-electron chi connectivity index (χ1n) is 8.34. The van der Waals surface area contributed by atoms with Gasteiger partial charge in [-0.3, -0.25) is 4.79 Å². The second-order valence-corrected chi connectivity index (χ2v) is 7.94. The van der Waals surface area contributed by atoms with Crippen LogP contribution in [0.5, 0.6) is 5.75 Å². The fourth-order valence-corrected chi connectivity index (χ4v) is 4.19. The molecule has 1 aromatic carbocycles. The van der Waals surface area contributed by atoms with Crippen molar-refractivity contribution in [3.8, 4) is 5.75 Å². The first kappa shape index (κ1) is 17.0. The molecule has 0 bridgehead atoms. The highest BCUT2D eigenvalue weighted by atomic mass is 32.1. The van der Waals surface area contributed by atoms with Gasteiger partial charge in [0, 0.05) is 35.1 Å². The Kier molecular flexibility index (Phi) is 4.90. The molecule has 1 amide bonds. The quantitative estimate of drug-likeness (QED) is 0.851. The molecule has 1 aliphatic heterocycles. The first-order valence-corrected chi connectivity index (χ1v) is 9.16. The van der Waals surface area contributed by atoms with Crippen LogP contribution in [0.25, 0.3) is 0 Å². The molecule has 0 atom stereocenters. The first-order chi connectivity index (χ1) is 11.5. The number of hydrogen-bond acceptors (Lipinski definition) is 4. The topological polar surface area (TPSA) is 42.4 Å². The van der Waals surface area contributed by atoms with E-state index in [1.807, 2.05) is 35.4 Å². The Morgan fingerprint density at radius 2 is 2.04 bits per heavy atom. The molecular formula is C19H24N2O2S. The van der Waals surface area contributed by atoms with Crippen LogP contribution in [0.3, 0.4) is 0 Å². The number of likely N-dealkylation sites (tertiary alicyclic amines) is 1. The van der Waals surface area contributed by atoms with Crippen LogP contribution in [0.4, 0.5) is 0 Å². The molecule has 2 aromatic rings. The summed E-state index contributed by atoms with van der Waals surface area (Å²) >= 11 is 1.78. The highest BCUT2D eigenvalue weighted by molar-refractivity contribution is 7.11. The maximum absolute atomic E-state index is 12.6. The molecule has 5 heteroatoms. The lowest BCUT2D eigenvalue weighted by atomic mass is 9.81. The number of piperidine rings is 1. The summed E-state index contributed by atoms with van der Waals surface area (Å²) in [5.41, 5.74) is 1.05. The third-order valence-electron chi connectivity index (χ3n) is 4.89. The van der Waals surface area contributed by atoms with Gasteiger partial charge < -0.3 is 9.64 Å². The number of carbonyl (C=O) groups excluding carboxylic acids is 1. The zero-order chi connectivity index (χ0) is 17.2. The fourth-order valence-electron chi connectivity index (χ4n) is 3.22. The lowest BCUT2D eigenvalue weighted by Gasteiger charge is -2.38. The third kappa shape index (κ3) is 3.46. The smallest absolute Gasteiger partial charge is 0.227 e. The van der Waals surface area contributed by atoms with Crippen LogP contribution in [-0.2, 0) is 16.6 Å². The highest BCUT2D eigenvalue weighted by Crippen LogP contribution is 2.37. The molecule has 1 aliphatic rings. The maximum Gasteiger partial charge on any atom is 0.227 e. The normalized spacial score (nSPS) is 16.9. The molecule has 3 rings (SSSR count). The molecule has 128 valence electrons. The van der Waals surface area contributed by atoms with Crippen molar-refractivity contribution in [2.45, 2.75) is 38.5 Å². The average Bonchev–Trinajstić information content (AvgIpc) is 3.03. The van der Waals surface area contributed by atoms with Gasteiger partial charge in [-0.15, -0.1) is 11.3 Å². The van der Waals surface area contributed by atoms with Gasteiger partial charge in [0.1, 0.15) is 5.75 Å². The summed E-state index contributed by atoms with van der Waals surface area (Å²) in [5, 5.41) is 1.21. The second kappa shape index (κ2) is 6.93. The number of carbonyl (C=O) groups is 1. The zero-order valence-electron chi connectivity index (χ0n) is 14.5. The van der Waals surface area contributed by atoms with E-state index < -0.39 is 0 Å². The Hall–Kier alpha value is -1.88. The van der Waals surface area contributed by atoms with Crippen molar-refractivity contribution in [1.29, 1.82) is 0 Å². The van der Waals surface area contributed by atoms with Gasteiger partial charge in [-0.1, -0.05) is 25.1 Å². The Balaban J connectivity index is 1.63. The summed E-state index contributed by atoms with van der Waals surface area (Å²) in [7, 11) is 1.64. The van der Waals surface area contributed by atoms with E-state index >= 15 is 0 Å². The highest BCUT2D eigenvalue weighted by Gasteiger charge is 2.35. The number of nitrogens with zero attached hydrogens (tertiary/aromatic N) is 2. The van der Waals surface area contributed by atoms with Crippen molar-refractivity contribution >= 4 is 17.2 Å². The number of rotatable bonds is 4. The summed E-state index contributed by atoms with van der Waals surface area (Å²) in [5.74, 6) is 0.961. The number of aromatic nitrogens is 1. The summed E-state index contributed by atoms with van der Waals surface area (Å²) < 4.78 is 5.35. The van der Waals surface area contributed by atoms with Crippen molar-refractivity contribution in [3.05, 3.63) is 45.9 Å². The number of ether oxygens (including phenoxy) is 1. The van der Waals surface area contributed by atoms with E-state index in [0.29, 0.717) is 6.42 Å². The molecular weight excluding hydrogens is 320 g/mol. The molecule has 24 heavy (non-hydrogen) atoms. The molecule has 1 aromatic heterocycles. The van der Waals surface area contributed by atoms with E-state index in [9.17, 15) is 4.79 Å². The van der Waals surface area contributed by atoms with Crippen LogP contribution in [0.1, 0.15) is 35.2 Å². The Bertz CT molecular complexity index is 718. The third-order valence-corrected chi connectivity index (χ3v) is 6.11. The van der Waals surface area contributed by atoms with Crippen molar-refractivity contribution in [2.75, 3.05) is 20.2 Å². The van der Waals surface area contributed by atoms with Crippen LogP contribution in [0.2, 0.25) is 0 Å². The van der Waals surface area contributed by atoms with Gasteiger partial charge >= 0.3 is 0 Å². The van der Waals surface area contributed by atoms with Gasteiger partial charge in [-0.2, -0.15) is 0 Å². The number of hydrogen-bond donors (Lipinski definition) is 0. The van der Waals surface area contributed by atoms with Crippen LogP contribution >= 0.6 is 11.3 Å². The number of methoxy groups -OCH3 is 1. The van der Waals surface area contributed by atoms with E-state index in [0.717, 1.165) is 37.2 Å². The molecule has 0 unspecified atom stereocenters. The Labute approximate surface area is 147 Å². The standard InChI is InChI=1S/C19H24N2O2S/c1-14-13-20-18(24-14)19(2)8-10-21(11-9-19)17(22)12-15-6-4-5-7-16(15)23-3/h4-7,13H,8-12H2,1-3H3. The number of aryl methyl sites for hydroxylation is 1. The molecule has 0 saturated carbocycles.